The molecule has 1 N–H and O–H groups in total. The van der Waals surface area contributed by atoms with Gasteiger partial charge < -0.3 is 10.1 Å². The van der Waals surface area contributed by atoms with E-state index in [0.29, 0.717) is 6.07 Å². The summed E-state index contributed by atoms with van der Waals surface area (Å²) in [6, 6.07) is 15.7. The van der Waals surface area contributed by atoms with Crippen LogP contribution in [0.4, 0.5) is 14.5 Å². The first kappa shape index (κ1) is 23.4. The molecule has 0 spiro atoms. The number of carbonyl (C=O) groups excluding carboxylic acids is 1. The van der Waals surface area contributed by atoms with Gasteiger partial charge in [0.15, 0.2) is 0 Å². The van der Waals surface area contributed by atoms with E-state index in [-0.39, 0.29) is 35.0 Å². The van der Waals surface area contributed by atoms with Crippen LogP contribution in [0.5, 0.6) is 5.75 Å². The second kappa shape index (κ2) is 9.88. The van der Waals surface area contributed by atoms with Crippen molar-refractivity contribution in [2.24, 2.45) is 0 Å². The summed E-state index contributed by atoms with van der Waals surface area (Å²) in [7, 11) is -2.70. The number of ether oxygens (including phenoxy) is 1. The Bertz CT molecular complexity index is 1220. The van der Waals surface area contributed by atoms with Crippen molar-refractivity contribution < 1.29 is 26.7 Å². The number of hydrogen-bond donors (Lipinski definition) is 1. The van der Waals surface area contributed by atoms with Crippen LogP contribution < -0.4 is 10.1 Å². The minimum absolute atomic E-state index is 0.0242. The lowest BCUT2D eigenvalue weighted by molar-refractivity contribution is 0.102. The fourth-order valence-electron chi connectivity index (χ4n) is 3.10. The van der Waals surface area contributed by atoms with Crippen LogP contribution in [-0.4, -0.2) is 32.3 Å². The van der Waals surface area contributed by atoms with Gasteiger partial charge in [0.05, 0.1) is 12.8 Å². The summed E-state index contributed by atoms with van der Waals surface area (Å²) in [5, 5.41) is 2.32. The molecule has 3 aromatic rings. The summed E-state index contributed by atoms with van der Waals surface area (Å²) in [5.74, 6) is -2.40. The lowest BCUT2D eigenvalue weighted by atomic mass is 10.2. The third-order valence-electron chi connectivity index (χ3n) is 4.78. The molecule has 0 radical (unpaired) electrons. The monoisotopic (exact) mass is 460 g/mol. The van der Waals surface area contributed by atoms with E-state index in [2.05, 4.69) is 5.32 Å². The van der Waals surface area contributed by atoms with Crippen LogP contribution in [0.15, 0.2) is 71.6 Å². The van der Waals surface area contributed by atoms with Crippen LogP contribution in [-0.2, 0) is 16.6 Å². The predicted molar refractivity (Wildman–Crippen MR) is 117 cm³/mol. The number of nitrogens with zero attached hydrogens (tertiary/aromatic N) is 1. The first-order chi connectivity index (χ1) is 15.3. The fraction of sp³-hybridized carbons (Fsp3) is 0.174. The molecule has 0 bridgehead atoms. The number of amides is 1. The molecule has 0 aliphatic heterocycles. The molecule has 0 saturated heterocycles. The third kappa shape index (κ3) is 5.12. The number of benzene rings is 3. The van der Waals surface area contributed by atoms with Crippen LogP contribution in [0, 0.1) is 11.6 Å². The maximum Gasteiger partial charge on any atom is 0.255 e. The number of anilines is 1. The number of halogens is 2. The number of methoxy groups -OCH3 is 1. The summed E-state index contributed by atoms with van der Waals surface area (Å²) >= 11 is 0. The Balaban J connectivity index is 1.94. The predicted octanol–water partition coefficient (Wildman–Crippen LogP) is 4.44. The Kier molecular flexibility index (Phi) is 7.22. The Morgan fingerprint density at radius 2 is 1.75 bits per heavy atom. The maximum absolute atomic E-state index is 13.9. The van der Waals surface area contributed by atoms with E-state index < -0.39 is 27.6 Å². The molecule has 9 heteroatoms. The van der Waals surface area contributed by atoms with Crippen LogP contribution in [0.1, 0.15) is 22.8 Å². The largest absolute Gasteiger partial charge is 0.495 e. The first-order valence-corrected chi connectivity index (χ1v) is 11.2. The van der Waals surface area contributed by atoms with Crippen molar-refractivity contribution in [3.05, 3.63) is 89.5 Å². The summed E-state index contributed by atoms with van der Waals surface area (Å²) in [6.07, 6.45) is 0. The van der Waals surface area contributed by atoms with Crippen LogP contribution >= 0.6 is 0 Å². The molecule has 32 heavy (non-hydrogen) atoms. The van der Waals surface area contributed by atoms with E-state index in [9.17, 15) is 22.0 Å². The van der Waals surface area contributed by atoms with Crippen molar-refractivity contribution in [3.63, 3.8) is 0 Å². The van der Waals surface area contributed by atoms with Crippen molar-refractivity contribution in [1.29, 1.82) is 0 Å². The van der Waals surface area contributed by atoms with Crippen molar-refractivity contribution in [1.82, 2.24) is 4.31 Å². The second-order valence-corrected chi connectivity index (χ2v) is 8.77. The fourth-order valence-corrected chi connectivity index (χ4v) is 4.72. The molecular weight excluding hydrogens is 438 g/mol. The van der Waals surface area contributed by atoms with E-state index in [0.717, 1.165) is 17.7 Å². The molecule has 0 unspecified atom stereocenters. The smallest absolute Gasteiger partial charge is 0.255 e. The Morgan fingerprint density at radius 1 is 1.03 bits per heavy atom. The highest BCUT2D eigenvalue weighted by Gasteiger charge is 2.28. The summed E-state index contributed by atoms with van der Waals surface area (Å²) in [5.41, 5.74) is 0.553. The van der Waals surface area contributed by atoms with E-state index in [1.54, 1.807) is 6.92 Å². The molecule has 0 aromatic heterocycles. The second-order valence-electron chi connectivity index (χ2n) is 6.86. The molecule has 1 amide bonds. The van der Waals surface area contributed by atoms with Crippen LogP contribution in [0.25, 0.3) is 0 Å². The van der Waals surface area contributed by atoms with E-state index in [1.807, 2.05) is 30.3 Å². The Morgan fingerprint density at radius 3 is 2.38 bits per heavy atom. The molecule has 0 aliphatic carbocycles. The normalized spacial score (nSPS) is 11.4. The van der Waals surface area contributed by atoms with Gasteiger partial charge in [0.2, 0.25) is 10.0 Å². The van der Waals surface area contributed by atoms with Crippen molar-refractivity contribution in [2.75, 3.05) is 19.0 Å². The third-order valence-corrected chi connectivity index (χ3v) is 6.72. The molecule has 3 rings (SSSR count). The lowest BCUT2D eigenvalue weighted by Gasteiger charge is -2.22. The lowest BCUT2D eigenvalue weighted by Crippen LogP contribution is -2.31. The standard InChI is InChI=1S/C23H22F2N2O4S/c1-3-27(15-16-7-5-4-6-8-16)32(29,30)22-13-17(9-12-21(22)31-2)23(28)26-20-11-10-18(24)14-19(20)25/h4-14H,3,15H2,1-2H3,(H,26,28). The summed E-state index contributed by atoms with van der Waals surface area (Å²) in [4.78, 5) is 12.4. The summed E-state index contributed by atoms with van der Waals surface area (Å²) < 4.78 is 60.3. The van der Waals surface area contributed by atoms with Crippen molar-refractivity contribution in [3.8, 4) is 5.75 Å². The van der Waals surface area contributed by atoms with Gasteiger partial charge in [0.25, 0.3) is 5.91 Å². The quantitative estimate of drug-likeness (QED) is 0.539. The summed E-state index contributed by atoms with van der Waals surface area (Å²) in [6.45, 7) is 2.04. The molecule has 168 valence electrons. The van der Waals surface area contributed by atoms with Gasteiger partial charge in [-0.2, -0.15) is 4.31 Å². The zero-order chi connectivity index (χ0) is 23.3. The topological polar surface area (TPSA) is 75.7 Å². The van der Waals surface area contributed by atoms with Crippen molar-refractivity contribution in [2.45, 2.75) is 18.4 Å². The highest BCUT2D eigenvalue weighted by molar-refractivity contribution is 7.89. The number of nitrogens with one attached hydrogen (secondary N) is 1. The SMILES string of the molecule is CCN(Cc1ccccc1)S(=O)(=O)c1cc(C(=O)Nc2ccc(F)cc2F)ccc1OC. The van der Waals surface area contributed by atoms with Gasteiger partial charge in [-0.25, -0.2) is 17.2 Å². The average molecular weight is 461 g/mol. The highest BCUT2D eigenvalue weighted by atomic mass is 32.2. The number of sulfonamides is 1. The highest BCUT2D eigenvalue weighted by Crippen LogP contribution is 2.29. The van der Waals surface area contributed by atoms with Gasteiger partial charge in [-0.1, -0.05) is 37.3 Å². The van der Waals surface area contributed by atoms with Gasteiger partial charge in [0, 0.05) is 24.7 Å². The molecule has 0 saturated carbocycles. The van der Waals surface area contributed by atoms with E-state index >= 15 is 0 Å². The van der Waals surface area contributed by atoms with Gasteiger partial charge in [-0.05, 0) is 35.9 Å². The molecule has 6 nitrogen and oxygen atoms in total. The maximum atomic E-state index is 13.9. The molecule has 0 aliphatic rings. The van der Waals surface area contributed by atoms with E-state index in [4.69, 9.17) is 4.74 Å². The molecule has 0 atom stereocenters. The first-order valence-electron chi connectivity index (χ1n) is 9.74. The van der Waals surface area contributed by atoms with Gasteiger partial charge >= 0.3 is 0 Å². The minimum Gasteiger partial charge on any atom is -0.495 e. The van der Waals surface area contributed by atoms with Crippen LogP contribution in [0.2, 0.25) is 0 Å². The molecular formula is C23H22F2N2O4S. The van der Waals surface area contributed by atoms with E-state index in [1.165, 1.54) is 29.6 Å². The molecule has 0 heterocycles. The number of hydrogen-bond acceptors (Lipinski definition) is 4. The van der Waals surface area contributed by atoms with Crippen LogP contribution in [0.3, 0.4) is 0 Å². The molecule has 3 aromatic carbocycles. The Hall–Kier alpha value is -3.30. The number of carbonyl (C=O) groups is 1. The van der Waals surface area contributed by atoms with Crippen molar-refractivity contribution >= 4 is 21.6 Å². The molecule has 0 fully saturated rings. The van der Waals surface area contributed by atoms with Gasteiger partial charge in [0.1, 0.15) is 22.3 Å². The van der Waals surface area contributed by atoms with Gasteiger partial charge in [-0.15, -0.1) is 0 Å². The number of rotatable bonds is 8. The van der Waals surface area contributed by atoms with Gasteiger partial charge in [-0.3, -0.25) is 4.79 Å². The zero-order valence-corrected chi connectivity index (χ0v) is 18.3. The minimum atomic E-state index is -4.03. The zero-order valence-electron chi connectivity index (χ0n) is 17.5. The average Bonchev–Trinajstić information content (AvgIpc) is 2.79. The Labute approximate surface area is 185 Å².